The zero-order valence-corrected chi connectivity index (χ0v) is 17.8. The minimum atomic E-state index is -0.866. The van der Waals surface area contributed by atoms with Gasteiger partial charge in [0.15, 0.2) is 0 Å². The molecule has 2 aliphatic carbocycles. The first-order chi connectivity index (χ1) is 12.5. The highest BCUT2D eigenvalue weighted by atomic mass is 16.4. The highest BCUT2D eigenvalue weighted by Gasteiger charge is 2.38. The monoisotopic (exact) mass is 366 g/mol. The average Bonchev–Trinajstić information content (AvgIpc) is 2.99. The molecule has 2 heteroatoms. The number of hydrogen-bond acceptors (Lipinski definition) is 1. The lowest BCUT2D eigenvalue weighted by atomic mass is 9.62. The molecule has 0 amide bonds. The summed E-state index contributed by atoms with van der Waals surface area (Å²) in [6.45, 7) is 13.7. The first kappa shape index (κ1) is 19.9. The van der Waals surface area contributed by atoms with Gasteiger partial charge in [-0.3, -0.25) is 0 Å². The number of aryl methyl sites for hydroxylation is 1. The van der Waals surface area contributed by atoms with Crippen molar-refractivity contribution in [3.05, 3.63) is 57.7 Å². The van der Waals surface area contributed by atoms with Crippen LogP contribution < -0.4 is 0 Å². The topological polar surface area (TPSA) is 37.3 Å². The summed E-state index contributed by atoms with van der Waals surface area (Å²) in [6, 6.07) is 4.97. The molecule has 146 valence electrons. The molecule has 1 saturated carbocycles. The predicted octanol–water partition coefficient (Wildman–Crippen LogP) is 6.57. The Hall–Kier alpha value is -1.83. The summed E-state index contributed by atoms with van der Waals surface area (Å²) >= 11 is 0. The van der Waals surface area contributed by atoms with Crippen molar-refractivity contribution in [3.63, 3.8) is 0 Å². The Balaban J connectivity index is 1.93. The number of aliphatic carboxylic acids is 1. The van der Waals surface area contributed by atoms with Crippen LogP contribution in [0.3, 0.4) is 0 Å². The van der Waals surface area contributed by atoms with E-state index in [1.165, 1.54) is 41.2 Å². The Morgan fingerprint density at radius 1 is 1.11 bits per heavy atom. The molecule has 1 atom stereocenters. The van der Waals surface area contributed by atoms with Crippen molar-refractivity contribution in [2.24, 2.45) is 0 Å². The maximum Gasteiger partial charge on any atom is 0.328 e. The van der Waals surface area contributed by atoms with Gasteiger partial charge in [-0.15, -0.1) is 0 Å². The van der Waals surface area contributed by atoms with Gasteiger partial charge >= 0.3 is 5.97 Å². The summed E-state index contributed by atoms with van der Waals surface area (Å²) in [5.74, 6) is -0.311. The van der Waals surface area contributed by atoms with Crippen LogP contribution in [0.1, 0.15) is 94.9 Å². The molecule has 1 aromatic rings. The molecule has 2 nitrogen and oxygen atoms in total. The van der Waals surface area contributed by atoms with Gasteiger partial charge < -0.3 is 5.11 Å². The second-order valence-corrected chi connectivity index (χ2v) is 9.99. The molecule has 0 aromatic heterocycles. The summed E-state index contributed by atoms with van der Waals surface area (Å²) in [5.41, 5.74) is 8.72. The molecular formula is C25H34O2. The molecule has 1 N–H and O–H groups in total. The lowest BCUT2D eigenvalue weighted by Gasteiger charge is -2.42. The lowest BCUT2D eigenvalue weighted by Crippen LogP contribution is -2.34. The van der Waals surface area contributed by atoms with Gasteiger partial charge in [0.1, 0.15) is 0 Å². The van der Waals surface area contributed by atoms with E-state index < -0.39 is 5.97 Å². The van der Waals surface area contributed by atoms with Gasteiger partial charge in [0.2, 0.25) is 0 Å². The first-order valence-corrected chi connectivity index (χ1v) is 10.3. The van der Waals surface area contributed by atoms with E-state index in [0.717, 1.165) is 24.8 Å². The van der Waals surface area contributed by atoms with E-state index in [1.54, 1.807) is 5.56 Å². The highest BCUT2D eigenvalue weighted by molar-refractivity contribution is 5.81. The fourth-order valence-corrected chi connectivity index (χ4v) is 5.01. The largest absolute Gasteiger partial charge is 0.478 e. The summed E-state index contributed by atoms with van der Waals surface area (Å²) in [4.78, 5) is 10.9. The number of fused-ring (bicyclic) bond motifs is 1. The molecule has 0 aliphatic heterocycles. The number of benzene rings is 1. The smallest absolute Gasteiger partial charge is 0.328 e. The number of carbonyl (C=O) groups is 1. The Bertz CT molecular complexity index is 821. The van der Waals surface area contributed by atoms with E-state index in [9.17, 15) is 4.79 Å². The van der Waals surface area contributed by atoms with Crippen molar-refractivity contribution in [3.8, 4) is 0 Å². The number of rotatable bonds is 3. The first-order valence-electron chi connectivity index (χ1n) is 10.3. The molecule has 0 saturated heterocycles. The number of carboxylic acids is 1. The third-order valence-corrected chi connectivity index (χ3v) is 6.78. The minimum absolute atomic E-state index is 0.241. The zero-order chi connectivity index (χ0) is 20.0. The molecule has 1 aromatic carbocycles. The van der Waals surface area contributed by atoms with Gasteiger partial charge in [0.05, 0.1) is 0 Å². The highest BCUT2D eigenvalue weighted by Crippen LogP contribution is 2.48. The molecule has 0 heterocycles. The Morgan fingerprint density at radius 3 is 2.30 bits per heavy atom. The quantitative estimate of drug-likeness (QED) is 0.614. The van der Waals surface area contributed by atoms with Gasteiger partial charge in [-0.05, 0) is 90.5 Å². The molecular weight excluding hydrogens is 332 g/mol. The van der Waals surface area contributed by atoms with Gasteiger partial charge in [-0.1, -0.05) is 51.5 Å². The van der Waals surface area contributed by atoms with Crippen LogP contribution in [-0.2, 0) is 15.6 Å². The maximum absolute atomic E-state index is 10.9. The van der Waals surface area contributed by atoms with Crippen LogP contribution in [0, 0.1) is 6.92 Å². The van der Waals surface area contributed by atoms with Crippen molar-refractivity contribution in [2.75, 3.05) is 0 Å². The summed E-state index contributed by atoms with van der Waals surface area (Å²) < 4.78 is 0. The summed E-state index contributed by atoms with van der Waals surface area (Å²) in [5, 5.41) is 8.92. The van der Waals surface area contributed by atoms with Crippen LogP contribution in [0.15, 0.2) is 35.4 Å². The summed E-state index contributed by atoms with van der Waals surface area (Å²) in [7, 11) is 0. The fourth-order valence-electron chi connectivity index (χ4n) is 5.01. The lowest BCUT2D eigenvalue weighted by molar-refractivity contribution is -0.131. The van der Waals surface area contributed by atoms with Crippen LogP contribution in [0.2, 0.25) is 0 Å². The van der Waals surface area contributed by atoms with E-state index in [0.29, 0.717) is 5.92 Å². The number of hydrogen-bond donors (Lipinski definition) is 1. The second-order valence-electron chi connectivity index (χ2n) is 9.99. The van der Waals surface area contributed by atoms with Crippen LogP contribution in [0.25, 0.3) is 0 Å². The fraction of sp³-hybridized carbons (Fsp3) is 0.560. The molecule has 0 radical (unpaired) electrons. The minimum Gasteiger partial charge on any atom is -0.478 e. The van der Waals surface area contributed by atoms with Crippen molar-refractivity contribution in [1.29, 1.82) is 0 Å². The summed E-state index contributed by atoms with van der Waals surface area (Å²) in [6.07, 6.45) is 9.15. The van der Waals surface area contributed by atoms with Crippen LogP contribution in [-0.4, -0.2) is 11.1 Å². The van der Waals surface area contributed by atoms with Crippen LogP contribution in [0.5, 0.6) is 0 Å². The van der Waals surface area contributed by atoms with Crippen molar-refractivity contribution >= 4 is 5.97 Å². The Morgan fingerprint density at radius 2 is 1.70 bits per heavy atom. The van der Waals surface area contributed by atoms with Gasteiger partial charge in [0.25, 0.3) is 0 Å². The molecule has 1 unspecified atom stereocenters. The zero-order valence-electron chi connectivity index (χ0n) is 17.8. The van der Waals surface area contributed by atoms with Crippen molar-refractivity contribution in [2.45, 2.75) is 90.4 Å². The van der Waals surface area contributed by atoms with E-state index in [1.807, 2.05) is 6.92 Å². The average molecular weight is 367 g/mol. The predicted molar refractivity (Wildman–Crippen MR) is 113 cm³/mol. The molecule has 2 aliphatic rings. The van der Waals surface area contributed by atoms with Crippen molar-refractivity contribution in [1.82, 2.24) is 0 Å². The normalized spacial score (nSPS) is 25.5. The van der Waals surface area contributed by atoms with E-state index in [2.05, 4.69) is 52.8 Å². The van der Waals surface area contributed by atoms with Crippen LogP contribution >= 0.6 is 0 Å². The number of carboxylic acid groups (broad SMARTS) is 1. The second kappa shape index (κ2) is 6.96. The maximum atomic E-state index is 10.9. The Labute approximate surface area is 164 Å². The van der Waals surface area contributed by atoms with Gasteiger partial charge in [0, 0.05) is 6.08 Å². The molecule has 0 bridgehead atoms. The van der Waals surface area contributed by atoms with E-state index in [-0.39, 0.29) is 10.8 Å². The third-order valence-electron chi connectivity index (χ3n) is 6.78. The SMILES string of the molecule is CC(=C\C(=O)O)/C=C1\CCC(c2cc3c(cc2C)C(C)(C)CCC3(C)C)C1. The molecule has 27 heavy (non-hydrogen) atoms. The van der Waals surface area contributed by atoms with Crippen LogP contribution in [0.4, 0.5) is 0 Å². The number of allylic oxidation sites excluding steroid dienone is 3. The van der Waals surface area contributed by atoms with Gasteiger partial charge in [-0.25, -0.2) is 4.79 Å². The Kier molecular flexibility index (Phi) is 5.14. The van der Waals surface area contributed by atoms with Gasteiger partial charge in [-0.2, -0.15) is 0 Å². The molecule has 1 fully saturated rings. The van der Waals surface area contributed by atoms with E-state index in [4.69, 9.17) is 5.11 Å². The third kappa shape index (κ3) is 4.05. The molecule has 3 rings (SSSR count). The molecule has 0 spiro atoms. The standard InChI is InChI=1S/C25H34O2/c1-16(12-23(26)27)11-18-7-8-19(14-18)20-15-22-21(13-17(20)2)24(3,4)9-10-25(22,5)6/h11-13,15,19H,7-10,14H2,1-6H3,(H,26,27)/b16-12+,18-11+. The van der Waals surface area contributed by atoms with E-state index >= 15 is 0 Å². The van der Waals surface area contributed by atoms with Crippen molar-refractivity contribution < 1.29 is 9.90 Å².